The van der Waals surface area contributed by atoms with Gasteiger partial charge in [-0.05, 0) is 23.6 Å². The predicted molar refractivity (Wildman–Crippen MR) is 82.2 cm³/mol. The topological polar surface area (TPSA) is 78.4 Å². The van der Waals surface area contributed by atoms with Crippen LogP contribution in [0, 0.1) is 5.41 Å². The first kappa shape index (κ1) is 16.8. The van der Waals surface area contributed by atoms with Crippen LogP contribution in [-0.4, -0.2) is 23.1 Å². The van der Waals surface area contributed by atoms with Gasteiger partial charge in [0.1, 0.15) is 6.04 Å². The summed E-state index contributed by atoms with van der Waals surface area (Å²) in [4.78, 5) is 23.1. The number of carbonyl (C=O) groups excluding carboxylic acids is 1. The second-order valence-electron chi connectivity index (χ2n) is 5.36. The fraction of sp³-hybridized carbons (Fsp3) is 0.385. The zero-order valence-electron chi connectivity index (χ0n) is 11.3. The van der Waals surface area contributed by atoms with Crippen molar-refractivity contribution in [3.8, 4) is 0 Å². The van der Waals surface area contributed by atoms with Gasteiger partial charge in [0, 0.05) is 4.47 Å². The lowest BCUT2D eigenvalue weighted by molar-refractivity contribution is -0.141. The zero-order chi connectivity index (χ0) is 15.5. The van der Waals surface area contributed by atoms with E-state index in [4.69, 9.17) is 16.7 Å². The monoisotopic (exact) mass is 362 g/mol. The largest absolute Gasteiger partial charge is 0.480 e. The molecule has 0 fully saturated rings. The quantitative estimate of drug-likeness (QED) is 0.766. The molecule has 0 aliphatic heterocycles. The molecule has 1 aromatic rings. The van der Waals surface area contributed by atoms with Gasteiger partial charge in [-0.3, -0.25) is 0 Å². The Balaban J connectivity index is 2.81. The van der Waals surface area contributed by atoms with E-state index in [1.165, 1.54) is 0 Å². The van der Waals surface area contributed by atoms with Crippen LogP contribution in [0.3, 0.4) is 0 Å². The van der Waals surface area contributed by atoms with Crippen molar-refractivity contribution >= 4 is 45.2 Å². The summed E-state index contributed by atoms with van der Waals surface area (Å²) in [7, 11) is 0. The van der Waals surface area contributed by atoms with Crippen molar-refractivity contribution in [2.45, 2.75) is 26.8 Å². The van der Waals surface area contributed by atoms with E-state index in [9.17, 15) is 9.59 Å². The van der Waals surface area contributed by atoms with Crippen LogP contribution < -0.4 is 10.6 Å². The lowest BCUT2D eigenvalue weighted by Crippen LogP contribution is -2.50. The Morgan fingerprint density at radius 3 is 2.45 bits per heavy atom. The van der Waals surface area contributed by atoms with E-state index in [1.807, 2.05) is 0 Å². The lowest BCUT2D eigenvalue weighted by Gasteiger charge is -2.27. The molecule has 0 radical (unpaired) electrons. The Labute approximate surface area is 130 Å². The highest BCUT2D eigenvalue weighted by atomic mass is 79.9. The van der Waals surface area contributed by atoms with Crippen molar-refractivity contribution < 1.29 is 14.7 Å². The summed E-state index contributed by atoms with van der Waals surface area (Å²) in [5, 5.41) is 14.5. The molecule has 2 amide bonds. The average Bonchev–Trinajstić information content (AvgIpc) is 2.29. The van der Waals surface area contributed by atoms with Gasteiger partial charge in [-0.25, -0.2) is 9.59 Å². The van der Waals surface area contributed by atoms with Crippen LogP contribution in [0.5, 0.6) is 0 Å². The van der Waals surface area contributed by atoms with E-state index in [1.54, 1.807) is 39.0 Å². The number of hydrogen-bond donors (Lipinski definition) is 3. The van der Waals surface area contributed by atoms with Crippen molar-refractivity contribution in [3.63, 3.8) is 0 Å². The smallest absolute Gasteiger partial charge is 0.326 e. The van der Waals surface area contributed by atoms with Crippen molar-refractivity contribution in [2.24, 2.45) is 5.41 Å². The van der Waals surface area contributed by atoms with Crippen LogP contribution in [-0.2, 0) is 4.79 Å². The number of carbonyl (C=O) groups is 2. The van der Waals surface area contributed by atoms with Crippen molar-refractivity contribution in [3.05, 3.63) is 27.7 Å². The van der Waals surface area contributed by atoms with Gasteiger partial charge in [0.15, 0.2) is 0 Å². The second-order valence-corrected chi connectivity index (χ2v) is 6.68. The number of anilines is 1. The number of aliphatic carboxylic acids is 1. The molecule has 0 saturated carbocycles. The van der Waals surface area contributed by atoms with E-state index >= 15 is 0 Å². The molecule has 1 aromatic carbocycles. The van der Waals surface area contributed by atoms with Gasteiger partial charge in [-0.15, -0.1) is 0 Å². The summed E-state index contributed by atoms with van der Waals surface area (Å²) in [5.74, 6) is -1.09. The molecule has 7 heteroatoms. The highest BCUT2D eigenvalue weighted by Crippen LogP contribution is 2.26. The molecule has 0 bridgehead atoms. The third-order valence-corrected chi connectivity index (χ3v) is 3.39. The molecule has 110 valence electrons. The van der Waals surface area contributed by atoms with Gasteiger partial charge >= 0.3 is 12.0 Å². The number of carboxylic acids is 1. The third kappa shape index (κ3) is 4.68. The predicted octanol–water partition coefficient (Wildman–Crippen LogP) is 3.72. The molecule has 0 spiro atoms. The van der Waals surface area contributed by atoms with E-state index in [-0.39, 0.29) is 0 Å². The molecule has 20 heavy (non-hydrogen) atoms. The molecule has 0 aliphatic rings. The van der Waals surface area contributed by atoms with E-state index in [0.717, 1.165) is 4.47 Å². The van der Waals surface area contributed by atoms with E-state index < -0.39 is 23.5 Å². The normalized spacial score (nSPS) is 12.7. The van der Waals surface area contributed by atoms with Crippen molar-refractivity contribution in [2.75, 3.05) is 5.32 Å². The summed E-state index contributed by atoms with van der Waals surface area (Å²) in [6, 6.07) is 3.37. The summed E-state index contributed by atoms with van der Waals surface area (Å²) in [6.45, 7) is 5.20. The zero-order valence-corrected chi connectivity index (χ0v) is 13.7. The Kier molecular flexibility index (Phi) is 5.42. The summed E-state index contributed by atoms with van der Waals surface area (Å²) >= 11 is 9.22. The van der Waals surface area contributed by atoms with Crippen LogP contribution >= 0.6 is 27.5 Å². The number of carboxylic acid groups (broad SMARTS) is 1. The minimum absolute atomic E-state index is 0.367. The number of nitrogens with one attached hydrogen (secondary N) is 2. The molecule has 1 rings (SSSR count). The molecular weight excluding hydrogens is 348 g/mol. The first-order chi connectivity index (χ1) is 9.11. The molecule has 1 atom stereocenters. The first-order valence-electron chi connectivity index (χ1n) is 5.86. The maximum absolute atomic E-state index is 11.9. The summed E-state index contributed by atoms with van der Waals surface area (Å²) in [5.41, 5.74) is -0.207. The third-order valence-electron chi connectivity index (χ3n) is 2.57. The highest BCUT2D eigenvalue weighted by Gasteiger charge is 2.32. The van der Waals surface area contributed by atoms with Crippen molar-refractivity contribution in [1.82, 2.24) is 5.32 Å². The van der Waals surface area contributed by atoms with Crippen molar-refractivity contribution in [1.29, 1.82) is 0 Å². The SMILES string of the molecule is CC(C)(C)[C@H](NC(=O)Nc1cc(Br)ccc1Cl)C(=O)O. The van der Waals surface area contributed by atoms with Gasteiger partial charge < -0.3 is 15.7 Å². The molecule has 0 aromatic heterocycles. The fourth-order valence-electron chi connectivity index (χ4n) is 1.53. The molecule has 3 N–H and O–H groups in total. The molecule has 5 nitrogen and oxygen atoms in total. The first-order valence-corrected chi connectivity index (χ1v) is 7.03. The summed E-state index contributed by atoms with van der Waals surface area (Å²) in [6.07, 6.45) is 0. The maximum atomic E-state index is 11.9. The van der Waals surface area contributed by atoms with Gasteiger partial charge in [0.2, 0.25) is 0 Å². The maximum Gasteiger partial charge on any atom is 0.326 e. The Hall–Kier alpha value is -1.27. The van der Waals surface area contributed by atoms with Crippen LogP contribution in [0.4, 0.5) is 10.5 Å². The Bertz CT molecular complexity index is 529. The number of amides is 2. The number of urea groups is 1. The molecule has 0 saturated heterocycles. The van der Waals surface area contributed by atoms with E-state index in [2.05, 4.69) is 26.6 Å². The number of rotatable bonds is 3. The van der Waals surface area contributed by atoms with E-state index in [0.29, 0.717) is 10.7 Å². The minimum atomic E-state index is -1.09. The lowest BCUT2D eigenvalue weighted by atomic mass is 9.87. The number of benzene rings is 1. The molecular formula is C13H16BrClN2O3. The number of halogens is 2. The Morgan fingerprint density at radius 2 is 1.95 bits per heavy atom. The second kappa shape index (κ2) is 6.45. The van der Waals surface area contributed by atoms with Gasteiger partial charge in [0.05, 0.1) is 10.7 Å². The molecule has 0 unspecified atom stereocenters. The minimum Gasteiger partial charge on any atom is -0.480 e. The van der Waals surface area contributed by atoms with Crippen LogP contribution in [0.2, 0.25) is 5.02 Å². The molecule has 0 aliphatic carbocycles. The molecule has 0 heterocycles. The highest BCUT2D eigenvalue weighted by molar-refractivity contribution is 9.10. The fourth-order valence-corrected chi connectivity index (χ4v) is 2.06. The van der Waals surface area contributed by atoms with Gasteiger partial charge in [0.25, 0.3) is 0 Å². The number of hydrogen-bond acceptors (Lipinski definition) is 2. The van der Waals surface area contributed by atoms with Gasteiger partial charge in [-0.2, -0.15) is 0 Å². The van der Waals surface area contributed by atoms with Crippen LogP contribution in [0.25, 0.3) is 0 Å². The standard InChI is InChI=1S/C13H16BrClN2O3/c1-13(2,3)10(11(18)19)17-12(20)16-9-6-7(14)4-5-8(9)15/h4-6,10H,1-3H3,(H,18,19)(H2,16,17,20)/t10-/m1/s1. The van der Waals surface area contributed by atoms with Crippen LogP contribution in [0.1, 0.15) is 20.8 Å². The Morgan fingerprint density at radius 1 is 1.35 bits per heavy atom. The average molecular weight is 364 g/mol. The van der Waals surface area contributed by atoms with Crippen LogP contribution in [0.15, 0.2) is 22.7 Å². The summed E-state index contributed by atoms with van der Waals surface area (Å²) < 4.78 is 0.753. The van der Waals surface area contributed by atoms with Gasteiger partial charge in [-0.1, -0.05) is 48.3 Å².